The summed E-state index contributed by atoms with van der Waals surface area (Å²) in [5.74, 6) is -1.27. The average Bonchev–Trinajstić information content (AvgIpc) is 2.86. The van der Waals surface area contributed by atoms with Gasteiger partial charge in [0.05, 0.1) is 16.1 Å². The second kappa shape index (κ2) is 13.4. The molecule has 10 heteroatoms. The van der Waals surface area contributed by atoms with Gasteiger partial charge in [-0.15, -0.1) is 0 Å². The van der Waals surface area contributed by atoms with E-state index in [9.17, 15) is 18.8 Å². The highest BCUT2D eigenvalue weighted by Gasteiger charge is 2.42. The van der Waals surface area contributed by atoms with E-state index in [-0.39, 0.29) is 55.5 Å². The topological polar surface area (TPSA) is 95.7 Å². The second-order valence-corrected chi connectivity index (χ2v) is 10.8. The third-order valence-electron chi connectivity index (χ3n) is 6.58. The number of nitrogens with one attached hydrogen (secondary N) is 1. The van der Waals surface area contributed by atoms with Crippen molar-refractivity contribution in [1.82, 2.24) is 15.1 Å². The number of nitrogens with zero attached hydrogens (tertiary/aromatic N) is 2. The zero-order chi connectivity index (χ0) is 28.0. The number of amides is 3. The first-order valence-corrected chi connectivity index (χ1v) is 13.6. The largest absolute Gasteiger partial charge is 0.352 e. The van der Waals surface area contributed by atoms with Gasteiger partial charge in [-0.2, -0.15) is 0 Å². The fourth-order valence-corrected chi connectivity index (χ4v) is 5.04. The quantitative estimate of drug-likeness (QED) is 0.456. The van der Waals surface area contributed by atoms with Crippen LogP contribution >= 0.6 is 23.2 Å². The van der Waals surface area contributed by atoms with Gasteiger partial charge >= 0.3 is 0 Å². The van der Waals surface area contributed by atoms with Gasteiger partial charge in [0.1, 0.15) is 17.9 Å². The Labute approximate surface area is 233 Å². The SMILES string of the molecule is CCCC1C(=O)N(C(Cc2ccc(Cl)c(Cl)c2)C(=O)NC(C)C)CCN1C(=O)C(N)Cc1ccc(F)cc1. The number of rotatable bonds is 10. The summed E-state index contributed by atoms with van der Waals surface area (Å²) in [7, 11) is 0. The lowest BCUT2D eigenvalue weighted by molar-refractivity contribution is -0.156. The molecule has 1 heterocycles. The van der Waals surface area contributed by atoms with E-state index in [2.05, 4.69) is 5.32 Å². The summed E-state index contributed by atoms with van der Waals surface area (Å²) >= 11 is 12.3. The molecule has 0 aliphatic carbocycles. The van der Waals surface area contributed by atoms with Crippen LogP contribution < -0.4 is 11.1 Å². The summed E-state index contributed by atoms with van der Waals surface area (Å²) in [5, 5.41) is 3.69. The molecule has 3 unspecified atom stereocenters. The molecule has 2 aromatic rings. The Morgan fingerprint density at radius 2 is 1.71 bits per heavy atom. The van der Waals surface area contributed by atoms with Crippen molar-refractivity contribution >= 4 is 40.9 Å². The lowest BCUT2D eigenvalue weighted by atomic mass is 9.97. The molecule has 0 radical (unpaired) electrons. The van der Waals surface area contributed by atoms with E-state index >= 15 is 0 Å². The van der Waals surface area contributed by atoms with Gasteiger partial charge in [0.15, 0.2) is 0 Å². The van der Waals surface area contributed by atoms with Crippen LogP contribution in [0.4, 0.5) is 4.39 Å². The highest BCUT2D eigenvalue weighted by molar-refractivity contribution is 6.42. The van der Waals surface area contributed by atoms with Crippen LogP contribution in [0.15, 0.2) is 42.5 Å². The lowest BCUT2D eigenvalue weighted by Crippen LogP contribution is -2.65. The maximum atomic E-state index is 13.8. The van der Waals surface area contributed by atoms with Crippen LogP contribution in [0.3, 0.4) is 0 Å². The van der Waals surface area contributed by atoms with Gasteiger partial charge in [0.25, 0.3) is 0 Å². The predicted molar refractivity (Wildman–Crippen MR) is 147 cm³/mol. The van der Waals surface area contributed by atoms with Gasteiger partial charge in [-0.05, 0) is 62.1 Å². The van der Waals surface area contributed by atoms with E-state index in [0.717, 1.165) is 11.1 Å². The number of piperazine rings is 1. The summed E-state index contributed by atoms with van der Waals surface area (Å²) in [6.45, 7) is 6.08. The minimum absolute atomic E-state index is 0.118. The van der Waals surface area contributed by atoms with Crippen LogP contribution in [-0.2, 0) is 27.2 Å². The number of hydrogen-bond acceptors (Lipinski definition) is 4. The first kappa shape index (κ1) is 29.9. The van der Waals surface area contributed by atoms with E-state index in [1.54, 1.807) is 35.2 Å². The highest BCUT2D eigenvalue weighted by atomic mass is 35.5. The van der Waals surface area contributed by atoms with Gasteiger partial charge in [-0.1, -0.05) is 54.7 Å². The van der Waals surface area contributed by atoms with Crippen LogP contribution in [0.1, 0.15) is 44.7 Å². The smallest absolute Gasteiger partial charge is 0.246 e. The Hall–Kier alpha value is -2.68. The predicted octanol–water partition coefficient (Wildman–Crippen LogP) is 3.98. The highest BCUT2D eigenvalue weighted by Crippen LogP contribution is 2.26. The molecule has 7 nitrogen and oxygen atoms in total. The molecule has 0 bridgehead atoms. The van der Waals surface area contributed by atoms with Crippen LogP contribution in [0, 0.1) is 5.82 Å². The van der Waals surface area contributed by atoms with Crippen molar-refractivity contribution in [3.05, 3.63) is 69.5 Å². The third-order valence-corrected chi connectivity index (χ3v) is 7.32. The van der Waals surface area contributed by atoms with Crippen LogP contribution in [0.25, 0.3) is 0 Å². The fraction of sp³-hybridized carbons (Fsp3) is 0.464. The Kier molecular flexibility index (Phi) is 10.5. The van der Waals surface area contributed by atoms with Crippen LogP contribution in [0.5, 0.6) is 0 Å². The molecule has 206 valence electrons. The van der Waals surface area contributed by atoms with Crippen molar-refractivity contribution in [3.63, 3.8) is 0 Å². The molecule has 2 aromatic carbocycles. The molecular weight excluding hydrogens is 530 g/mol. The Morgan fingerprint density at radius 1 is 1.05 bits per heavy atom. The van der Waals surface area contributed by atoms with Crippen molar-refractivity contribution in [2.45, 2.75) is 70.6 Å². The Morgan fingerprint density at radius 3 is 2.32 bits per heavy atom. The van der Waals surface area contributed by atoms with Gasteiger partial charge < -0.3 is 20.9 Å². The van der Waals surface area contributed by atoms with E-state index in [1.807, 2.05) is 20.8 Å². The van der Waals surface area contributed by atoms with Crippen molar-refractivity contribution in [3.8, 4) is 0 Å². The van der Waals surface area contributed by atoms with Gasteiger partial charge in [0.2, 0.25) is 17.7 Å². The molecule has 0 saturated carbocycles. The first-order chi connectivity index (χ1) is 18.0. The van der Waals surface area contributed by atoms with Crippen molar-refractivity contribution in [1.29, 1.82) is 0 Å². The molecule has 0 spiro atoms. The molecule has 3 amide bonds. The molecular formula is C28H35Cl2FN4O3. The van der Waals surface area contributed by atoms with Crippen molar-refractivity contribution < 1.29 is 18.8 Å². The van der Waals surface area contributed by atoms with Gasteiger partial charge in [0, 0.05) is 25.6 Å². The number of hydrogen-bond donors (Lipinski definition) is 2. The Balaban J connectivity index is 1.83. The molecule has 3 rings (SSSR count). The zero-order valence-corrected chi connectivity index (χ0v) is 23.4. The lowest BCUT2D eigenvalue weighted by Gasteiger charge is -2.44. The number of carbonyl (C=O) groups is 3. The molecule has 38 heavy (non-hydrogen) atoms. The van der Waals surface area contributed by atoms with E-state index in [4.69, 9.17) is 28.9 Å². The fourth-order valence-electron chi connectivity index (χ4n) is 4.72. The minimum Gasteiger partial charge on any atom is -0.352 e. The molecule has 1 aliphatic heterocycles. The summed E-state index contributed by atoms with van der Waals surface area (Å²) < 4.78 is 13.3. The second-order valence-electron chi connectivity index (χ2n) is 9.94. The third kappa shape index (κ3) is 7.46. The maximum Gasteiger partial charge on any atom is 0.246 e. The number of benzene rings is 2. The summed E-state index contributed by atoms with van der Waals surface area (Å²) in [6, 6.07) is 8.46. The molecule has 3 atom stereocenters. The molecule has 1 fully saturated rings. The normalized spacial score (nSPS) is 17.5. The van der Waals surface area contributed by atoms with Gasteiger partial charge in [-0.3, -0.25) is 14.4 Å². The summed E-state index contributed by atoms with van der Waals surface area (Å²) in [4.78, 5) is 43.6. The summed E-state index contributed by atoms with van der Waals surface area (Å²) in [6.07, 6.45) is 1.58. The average molecular weight is 566 g/mol. The molecule has 0 aromatic heterocycles. The maximum absolute atomic E-state index is 13.8. The Bertz CT molecular complexity index is 1150. The molecule has 1 aliphatic rings. The number of carbonyl (C=O) groups excluding carboxylic acids is 3. The number of halogens is 3. The van der Waals surface area contributed by atoms with E-state index in [1.165, 1.54) is 17.0 Å². The zero-order valence-electron chi connectivity index (χ0n) is 21.9. The molecule has 1 saturated heterocycles. The van der Waals surface area contributed by atoms with Crippen molar-refractivity contribution in [2.24, 2.45) is 5.73 Å². The van der Waals surface area contributed by atoms with Crippen LogP contribution in [0.2, 0.25) is 10.0 Å². The van der Waals surface area contributed by atoms with E-state index in [0.29, 0.717) is 22.9 Å². The number of nitrogens with two attached hydrogens (primary N) is 1. The van der Waals surface area contributed by atoms with E-state index < -0.39 is 18.1 Å². The van der Waals surface area contributed by atoms with Crippen molar-refractivity contribution in [2.75, 3.05) is 13.1 Å². The standard InChI is InChI=1S/C28H35Cl2FN4O3/c1-4-5-24-28(38)35(13-12-34(24)27(37)23(32)15-18-6-9-20(31)10-7-18)25(26(36)33-17(2)3)16-19-8-11-21(29)22(30)14-19/h6-11,14,17,23-25H,4-5,12-13,15-16,32H2,1-3H3,(H,33,36). The van der Waals surface area contributed by atoms with Gasteiger partial charge in [-0.25, -0.2) is 4.39 Å². The monoisotopic (exact) mass is 564 g/mol. The summed E-state index contributed by atoms with van der Waals surface area (Å²) in [5.41, 5.74) is 7.75. The first-order valence-electron chi connectivity index (χ1n) is 12.9. The minimum atomic E-state index is -0.879. The van der Waals surface area contributed by atoms with Crippen LogP contribution in [-0.4, -0.2) is 64.8 Å². The molecule has 3 N–H and O–H groups in total.